The van der Waals surface area contributed by atoms with E-state index in [0.29, 0.717) is 28.6 Å². The van der Waals surface area contributed by atoms with Crippen LogP contribution in [0.15, 0.2) is 18.5 Å². The van der Waals surface area contributed by atoms with Gasteiger partial charge in [0.05, 0.1) is 12.1 Å². The zero-order valence-corrected chi connectivity index (χ0v) is 15.5. The Labute approximate surface area is 151 Å². The molecule has 0 bridgehead atoms. The average molecular weight is 385 g/mol. The normalized spacial score (nSPS) is 18.3. The van der Waals surface area contributed by atoms with Gasteiger partial charge in [-0.15, -0.1) is 0 Å². The Morgan fingerprint density at radius 2 is 2.12 bits per heavy atom. The molecular formula is C16H20ClN3O4P-. The molecule has 0 aliphatic carbocycles. The lowest BCUT2D eigenvalue weighted by atomic mass is 9.94. The molecule has 1 saturated heterocycles. The van der Waals surface area contributed by atoms with E-state index in [-0.39, 0.29) is 6.16 Å². The van der Waals surface area contributed by atoms with Gasteiger partial charge in [0.2, 0.25) is 0 Å². The van der Waals surface area contributed by atoms with Gasteiger partial charge in [0.15, 0.2) is 5.75 Å². The number of nitrogens with zero attached hydrogens (tertiary/aromatic N) is 3. The predicted octanol–water partition coefficient (Wildman–Crippen LogP) is 2.44. The van der Waals surface area contributed by atoms with Crippen LogP contribution in [0.2, 0.25) is 5.02 Å². The van der Waals surface area contributed by atoms with E-state index < -0.39 is 7.60 Å². The Balaban J connectivity index is 1.77. The Kier molecular flexibility index (Phi) is 5.49. The van der Waals surface area contributed by atoms with Crippen molar-refractivity contribution in [2.75, 3.05) is 31.3 Å². The number of fused-ring (bicyclic) bond motifs is 1. The number of halogens is 1. The Bertz CT molecular complexity index is 805. The van der Waals surface area contributed by atoms with Gasteiger partial charge >= 0.3 is 0 Å². The lowest BCUT2D eigenvalue weighted by Crippen LogP contribution is -2.34. The fraction of sp³-hybridized carbons (Fsp3) is 0.500. The van der Waals surface area contributed by atoms with Crippen molar-refractivity contribution >= 4 is 35.9 Å². The highest BCUT2D eigenvalue weighted by Gasteiger charge is 2.23. The quantitative estimate of drug-likeness (QED) is 0.790. The van der Waals surface area contributed by atoms with Gasteiger partial charge < -0.3 is 24.0 Å². The van der Waals surface area contributed by atoms with Crippen LogP contribution in [-0.2, 0) is 4.57 Å². The van der Waals surface area contributed by atoms with Gasteiger partial charge in [-0.05, 0) is 37.3 Å². The zero-order valence-electron chi connectivity index (χ0n) is 13.9. The molecule has 0 amide bonds. The van der Waals surface area contributed by atoms with Crippen LogP contribution in [0.5, 0.6) is 5.75 Å². The molecule has 9 heteroatoms. The van der Waals surface area contributed by atoms with Crippen LogP contribution >= 0.6 is 19.2 Å². The number of rotatable bonds is 5. The van der Waals surface area contributed by atoms with Gasteiger partial charge in [0.25, 0.3) is 0 Å². The summed E-state index contributed by atoms with van der Waals surface area (Å²) in [6, 6.07) is 3.66. The van der Waals surface area contributed by atoms with E-state index in [4.69, 9.17) is 21.2 Å². The summed E-state index contributed by atoms with van der Waals surface area (Å²) in [5, 5.41) is 1.38. The third kappa shape index (κ3) is 4.23. The second kappa shape index (κ2) is 7.46. The SMILES string of the molecule is COc1c(Cl)ccc2c(N3CCC(CCP(=O)([O-])O)CC3)ncnc12. The van der Waals surface area contributed by atoms with Crippen molar-refractivity contribution in [3.8, 4) is 5.75 Å². The molecule has 136 valence electrons. The summed E-state index contributed by atoms with van der Waals surface area (Å²) < 4.78 is 16.3. The molecule has 1 aliphatic heterocycles. The van der Waals surface area contributed by atoms with Crippen molar-refractivity contribution in [3.63, 3.8) is 0 Å². The van der Waals surface area contributed by atoms with E-state index in [2.05, 4.69) is 14.9 Å². The maximum atomic E-state index is 10.9. The summed E-state index contributed by atoms with van der Waals surface area (Å²) in [5.74, 6) is 1.66. The van der Waals surface area contributed by atoms with Crippen molar-refractivity contribution in [2.45, 2.75) is 19.3 Å². The van der Waals surface area contributed by atoms with E-state index in [1.807, 2.05) is 6.07 Å². The van der Waals surface area contributed by atoms with Crippen LogP contribution in [-0.4, -0.2) is 41.2 Å². The topological polar surface area (TPSA) is 98.6 Å². The van der Waals surface area contributed by atoms with Gasteiger partial charge in [0, 0.05) is 24.6 Å². The summed E-state index contributed by atoms with van der Waals surface area (Å²) in [6.07, 6.45) is 3.57. The summed E-state index contributed by atoms with van der Waals surface area (Å²) in [5.41, 5.74) is 0.676. The molecule has 7 nitrogen and oxygen atoms in total. The van der Waals surface area contributed by atoms with Crippen molar-refractivity contribution < 1.29 is 19.1 Å². The van der Waals surface area contributed by atoms with Crippen LogP contribution in [0.4, 0.5) is 5.82 Å². The Hall–Kier alpha value is -1.40. The number of benzene rings is 1. The predicted molar refractivity (Wildman–Crippen MR) is 95.3 cm³/mol. The third-order valence-electron chi connectivity index (χ3n) is 4.63. The molecule has 1 aromatic heterocycles. The van der Waals surface area contributed by atoms with Crippen molar-refractivity contribution in [2.24, 2.45) is 5.92 Å². The van der Waals surface area contributed by atoms with E-state index in [0.717, 1.165) is 37.1 Å². The summed E-state index contributed by atoms with van der Waals surface area (Å²) in [7, 11) is -2.60. The molecule has 1 N–H and O–H groups in total. The lowest BCUT2D eigenvalue weighted by molar-refractivity contribution is -0.193. The number of piperidine rings is 1. The summed E-state index contributed by atoms with van der Waals surface area (Å²) in [4.78, 5) is 30.7. The van der Waals surface area contributed by atoms with Gasteiger partial charge in [-0.3, -0.25) is 0 Å². The van der Waals surface area contributed by atoms with E-state index in [1.165, 1.54) is 6.33 Å². The fourth-order valence-corrected chi connectivity index (χ4v) is 4.21. The van der Waals surface area contributed by atoms with Gasteiger partial charge in [-0.25, -0.2) is 9.97 Å². The molecular weight excluding hydrogens is 365 g/mol. The second-order valence-electron chi connectivity index (χ2n) is 6.25. The molecule has 2 aromatic rings. The molecule has 1 fully saturated rings. The highest BCUT2D eigenvalue weighted by atomic mass is 35.5. The molecule has 2 heterocycles. The number of methoxy groups -OCH3 is 1. The maximum Gasteiger partial charge on any atom is 0.163 e. The van der Waals surface area contributed by atoms with E-state index in [9.17, 15) is 9.46 Å². The summed E-state index contributed by atoms with van der Waals surface area (Å²) in [6.45, 7) is 1.55. The minimum atomic E-state index is -4.16. The van der Waals surface area contributed by atoms with Gasteiger partial charge in [0.1, 0.15) is 25.3 Å². The minimum Gasteiger partial charge on any atom is -0.779 e. The Morgan fingerprint density at radius 3 is 2.76 bits per heavy atom. The fourth-order valence-electron chi connectivity index (χ4n) is 3.29. The standard InChI is InChI=1S/C16H21ClN3O4P/c1-24-15-13(17)3-2-12-14(15)18-10-19-16(12)20-7-4-11(5-8-20)6-9-25(21,22)23/h2-3,10-11H,4-9H2,1H3,(H2,21,22,23)/p-1. The number of anilines is 1. The smallest absolute Gasteiger partial charge is 0.163 e. The van der Waals surface area contributed by atoms with Gasteiger partial charge in [-0.2, -0.15) is 0 Å². The number of aromatic nitrogens is 2. The maximum absolute atomic E-state index is 10.9. The molecule has 1 aliphatic rings. The first kappa shape index (κ1) is 18.4. The molecule has 1 unspecified atom stereocenters. The van der Waals surface area contributed by atoms with Crippen molar-refractivity contribution in [3.05, 3.63) is 23.5 Å². The van der Waals surface area contributed by atoms with Crippen LogP contribution < -0.4 is 14.5 Å². The molecule has 0 saturated carbocycles. The molecule has 25 heavy (non-hydrogen) atoms. The highest BCUT2D eigenvalue weighted by molar-refractivity contribution is 7.50. The first-order valence-electron chi connectivity index (χ1n) is 8.14. The van der Waals surface area contributed by atoms with Crippen LogP contribution in [0, 0.1) is 5.92 Å². The third-order valence-corrected chi connectivity index (χ3v) is 5.75. The lowest BCUT2D eigenvalue weighted by Gasteiger charge is -2.34. The van der Waals surface area contributed by atoms with E-state index >= 15 is 0 Å². The summed E-state index contributed by atoms with van der Waals surface area (Å²) >= 11 is 6.16. The van der Waals surface area contributed by atoms with Crippen LogP contribution in [0.1, 0.15) is 19.3 Å². The Morgan fingerprint density at radius 1 is 1.40 bits per heavy atom. The second-order valence-corrected chi connectivity index (χ2v) is 8.38. The van der Waals surface area contributed by atoms with E-state index in [1.54, 1.807) is 13.2 Å². The van der Waals surface area contributed by atoms with Crippen molar-refractivity contribution in [1.29, 1.82) is 0 Å². The molecule has 0 spiro atoms. The zero-order chi connectivity index (χ0) is 18.0. The van der Waals surface area contributed by atoms with Crippen LogP contribution in [0.25, 0.3) is 10.9 Å². The largest absolute Gasteiger partial charge is 0.779 e. The highest BCUT2D eigenvalue weighted by Crippen LogP contribution is 2.37. The number of hydrogen-bond acceptors (Lipinski definition) is 6. The average Bonchev–Trinajstić information content (AvgIpc) is 2.59. The minimum absolute atomic E-state index is 0.149. The molecule has 1 aromatic carbocycles. The molecule has 3 rings (SSSR count). The molecule has 1 atom stereocenters. The number of hydrogen-bond donors (Lipinski definition) is 1. The monoisotopic (exact) mass is 384 g/mol. The molecule has 0 radical (unpaired) electrons. The van der Waals surface area contributed by atoms with Crippen molar-refractivity contribution in [1.82, 2.24) is 9.97 Å². The number of ether oxygens (including phenoxy) is 1. The first-order chi connectivity index (χ1) is 11.9. The van der Waals surface area contributed by atoms with Crippen LogP contribution in [0.3, 0.4) is 0 Å². The van der Waals surface area contributed by atoms with Gasteiger partial charge in [-0.1, -0.05) is 11.6 Å². The first-order valence-corrected chi connectivity index (χ1v) is 10.3.